The number of nitrogens with one attached hydrogen (secondary N) is 1. The van der Waals surface area contributed by atoms with E-state index in [0.29, 0.717) is 23.6 Å². The van der Waals surface area contributed by atoms with Crippen molar-refractivity contribution in [1.29, 1.82) is 0 Å². The van der Waals surface area contributed by atoms with Gasteiger partial charge >= 0.3 is 0 Å². The van der Waals surface area contributed by atoms with Gasteiger partial charge in [0.2, 0.25) is 23.6 Å². The predicted octanol–water partition coefficient (Wildman–Crippen LogP) is 4.22. The van der Waals surface area contributed by atoms with E-state index in [2.05, 4.69) is 44.8 Å². The third-order valence-electron chi connectivity index (χ3n) is 5.12. The van der Waals surface area contributed by atoms with Crippen LogP contribution in [0.3, 0.4) is 0 Å². The summed E-state index contributed by atoms with van der Waals surface area (Å²) in [7, 11) is 0. The first-order valence-electron chi connectivity index (χ1n) is 10.5. The van der Waals surface area contributed by atoms with Crippen molar-refractivity contribution in [2.45, 2.75) is 12.8 Å². The summed E-state index contributed by atoms with van der Waals surface area (Å²) in [5, 5.41) is 11.6. The Kier molecular flexibility index (Phi) is 5.84. The van der Waals surface area contributed by atoms with Gasteiger partial charge in [0.15, 0.2) is 0 Å². The molecule has 8 nitrogen and oxygen atoms in total. The third kappa shape index (κ3) is 4.84. The monoisotopic (exact) mass is 469 g/mol. The van der Waals surface area contributed by atoms with Gasteiger partial charge in [-0.15, -0.1) is 21.5 Å². The predicted molar refractivity (Wildman–Crippen MR) is 129 cm³/mol. The second-order valence-electron chi connectivity index (χ2n) is 7.59. The number of amides is 2. The SMILES string of the molecule is NC(=O)c1ccc(NC(=O)Cc2nnc(Cc3nc4ccc(-c5ccccc5)cc4s3)o2)cc1. The third-order valence-corrected chi connectivity index (χ3v) is 6.13. The van der Waals surface area contributed by atoms with Gasteiger partial charge in [-0.05, 0) is 47.5 Å². The summed E-state index contributed by atoms with van der Waals surface area (Å²) < 4.78 is 6.74. The second kappa shape index (κ2) is 9.24. The fraction of sp³-hybridized carbons (Fsp3) is 0.0800. The van der Waals surface area contributed by atoms with Gasteiger partial charge in [-0.25, -0.2) is 4.98 Å². The lowest BCUT2D eigenvalue weighted by molar-refractivity contribution is -0.115. The summed E-state index contributed by atoms with van der Waals surface area (Å²) >= 11 is 1.58. The number of benzene rings is 3. The molecule has 5 aromatic rings. The number of nitrogens with zero attached hydrogens (tertiary/aromatic N) is 3. The van der Waals surface area contributed by atoms with E-state index in [1.54, 1.807) is 35.6 Å². The molecule has 168 valence electrons. The van der Waals surface area contributed by atoms with E-state index in [9.17, 15) is 9.59 Å². The van der Waals surface area contributed by atoms with Crippen LogP contribution in [0, 0.1) is 0 Å². The summed E-state index contributed by atoms with van der Waals surface area (Å²) in [5.41, 5.74) is 9.34. The van der Waals surface area contributed by atoms with E-state index in [-0.39, 0.29) is 18.2 Å². The zero-order valence-electron chi connectivity index (χ0n) is 17.9. The standard InChI is InChI=1S/C25H19N5O3S/c26-25(32)16-6-9-18(10-7-16)27-21(31)13-22-29-30-23(33-22)14-24-28-19-11-8-17(12-20(19)34-24)15-4-2-1-3-5-15/h1-12H,13-14H2,(H2,26,32)(H,27,31). The number of aromatic nitrogens is 3. The van der Waals surface area contributed by atoms with Crippen LogP contribution in [0.1, 0.15) is 27.1 Å². The highest BCUT2D eigenvalue weighted by Crippen LogP contribution is 2.29. The van der Waals surface area contributed by atoms with Crippen molar-refractivity contribution in [3.8, 4) is 11.1 Å². The lowest BCUT2D eigenvalue weighted by Gasteiger charge is -2.04. The van der Waals surface area contributed by atoms with Crippen molar-refractivity contribution in [1.82, 2.24) is 15.2 Å². The van der Waals surface area contributed by atoms with Gasteiger partial charge < -0.3 is 15.5 Å². The molecule has 0 spiro atoms. The molecule has 0 aliphatic carbocycles. The Bertz CT molecular complexity index is 1480. The number of nitrogens with two attached hydrogens (primary N) is 1. The molecular formula is C25H19N5O3S. The van der Waals surface area contributed by atoms with Crippen LogP contribution >= 0.6 is 11.3 Å². The molecule has 3 aromatic carbocycles. The molecule has 0 radical (unpaired) electrons. The summed E-state index contributed by atoms with van der Waals surface area (Å²) in [4.78, 5) is 28.1. The zero-order chi connectivity index (χ0) is 23.5. The molecular weight excluding hydrogens is 450 g/mol. The molecule has 2 heterocycles. The number of rotatable bonds is 7. The number of anilines is 1. The number of fused-ring (bicyclic) bond motifs is 1. The lowest BCUT2D eigenvalue weighted by Crippen LogP contribution is -2.15. The summed E-state index contributed by atoms with van der Waals surface area (Å²) in [6, 6.07) is 22.7. The Hall–Kier alpha value is -4.37. The van der Waals surface area contributed by atoms with Gasteiger partial charge in [-0.1, -0.05) is 36.4 Å². The number of thiazole rings is 1. The summed E-state index contributed by atoms with van der Waals surface area (Å²) in [5.74, 6) is -0.221. The molecule has 0 unspecified atom stereocenters. The molecule has 2 amide bonds. The van der Waals surface area contributed by atoms with Crippen molar-refractivity contribution < 1.29 is 14.0 Å². The van der Waals surface area contributed by atoms with Crippen LogP contribution in [0.5, 0.6) is 0 Å². The smallest absolute Gasteiger partial charge is 0.248 e. The maximum absolute atomic E-state index is 12.3. The van der Waals surface area contributed by atoms with Crippen LogP contribution in [0.2, 0.25) is 0 Å². The maximum atomic E-state index is 12.3. The minimum atomic E-state index is -0.527. The molecule has 3 N–H and O–H groups in total. The first kappa shape index (κ1) is 21.5. The minimum absolute atomic E-state index is 0.0646. The van der Waals surface area contributed by atoms with Gasteiger partial charge in [-0.2, -0.15) is 0 Å². The van der Waals surface area contributed by atoms with Gasteiger partial charge in [0.05, 0.1) is 16.6 Å². The van der Waals surface area contributed by atoms with Crippen LogP contribution < -0.4 is 11.1 Å². The van der Waals surface area contributed by atoms with Crippen LogP contribution in [0.4, 0.5) is 5.69 Å². The first-order valence-corrected chi connectivity index (χ1v) is 11.3. The fourth-order valence-corrected chi connectivity index (χ4v) is 4.48. The van der Waals surface area contributed by atoms with Crippen molar-refractivity contribution in [2.75, 3.05) is 5.32 Å². The van der Waals surface area contributed by atoms with Gasteiger partial charge in [-0.3, -0.25) is 9.59 Å². The molecule has 0 aliphatic rings. The number of carbonyl (C=O) groups excluding carboxylic acids is 2. The van der Waals surface area contributed by atoms with Crippen molar-refractivity contribution in [2.24, 2.45) is 5.73 Å². The Morgan fingerprint density at radius 2 is 1.68 bits per heavy atom. The largest absolute Gasteiger partial charge is 0.424 e. The molecule has 34 heavy (non-hydrogen) atoms. The van der Waals surface area contributed by atoms with Crippen LogP contribution in [0.15, 0.2) is 77.2 Å². The molecule has 9 heteroatoms. The maximum Gasteiger partial charge on any atom is 0.248 e. The van der Waals surface area contributed by atoms with Crippen molar-refractivity contribution in [3.05, 3.63) is 95.1 Å². The van der Waals surface area contributed by atoms with E-state index in [4.69, 9.17) is 10.2 Å². The van der Waals surface area contributed by atoms with Gasteiger partial charge in [0, 0.05) is 11.3 Å². The first-order chi connectivity index (χ1) is 16.5. The van der Waals surface area contributed by atoms with Gasteiger partial charge in [0.1, 0.15) is 11.4 Å². The number of hydrogen-bond acceptors (Lipinski definition) is 7. The highest BCUT2D eigenvalue weighted by molar-refractivity contribution is 7.18. The average Bonchev–Trinajstić information content (AvgIpc) is 3.45. The molecule has 0 saturated heterocycles. The summed E-state index contributed by atoms with van der Waals surface area (Å²) in [6.45, 7) is 0. The Labute approximate surface area is 198 Å². The van der Waals surface area contributed by atoms with Gasteiger partial charge in [0.25, 0.3) is 0 Å². The van der Waals surface area contributed by atoms with Crippen molar-refractivity contribution >= 4 is 39.1 Å². The number of primary amides is 1. The molecule has 0 aliphatic heterocycles. The Balaban J connectivity index is 1.23. The second-order valence-corrected chi connectivity index (χ2v) is 8.70. The molecule has 0 saturated carbocycles. The number of carbonyl (C=O) groups is 2. The zero-order valence-corrected chi connectivity index (χ0v) is 18.7. The van der Waals surface area contributed by atoms with Crippen LogP contribution in [-0.4, -0.2) is 27.0 Å². The van der Waals surface area contributed by atoms with E-state index in [0.717, 1.165) is 26.4 Å². The van der Waals surface area contributed by atoms with Crippen LogP contribution in [-0.2, 0) is 17.6 Å². The Morgan fingerprint density at radius 1 is 0.912 bits per heavy atom. The highest BCUT2D eigenvalue weighted by atomic mass is 32.1. The molecule has 0 atom stereocenters. The van der Waals surface area contributed by atoms with E-state index in [1.165, 1.54) is 0 Å². The molecule has 0 fully saturated rings. The summed E-state index contributed by atoms with van der Waals surface area (Å²) in [6.07, 6.45) is 0.327. The van der Waals surface area contributed by atoms with E-state index >= 15 is 0 Å². The molecule has 0 bridgehead atoms. The van der Waals surface area contributed by atoms with Crippen molar-refractivity contribution in [3.63, 3.8) is 0 Å². The molecule has 2 aromatic heterocycles. The van der Waals surface area contributed by atoms with E-state index in [1.807, 2.05) is 24.3 Å². The quantitative estimate of drug-likeness (QED) is 0.368. The Morgan fingerprint density at radius 3 is 2.44 bits per heavy atom. The number of hydrogen-bond donors (Lipinski definition) is 2. The average molecular weight is 470 g/mol. The van der Waals surface area contributed by atoms with E-state index < -0.39 is 5.91 Å². The van der Waals surface area contributed by atoms with Crippen LogP contribution in [0.25, 0.3) is 21.3 Å². The normalized spacial score (nSPS) is 10.9. The lowest BCUT2D eigenvalue weighted by atomic mass is 10.1. The highest BCUT2D eigenvalue weighted by Gasteiger charge is 2.14. The topological polar surface area (TPSA) is 124 Å². The minimum Gasteiger partial charge on any atom is -0.424 e. The fourth-order valence-electron chi connectivity index (χ4n) is 3.48. The molecule has 5 rings (SSSR count).